The summed E-state index contributed by atoms with van der Waals surface area (Å²) in [7, 11) is 2.00. The van der Waals surface area contributed by atoms with Crippen LogP contribution in [0.4, 0.5) is 5.88 Å². The van der Waals surface area contributed by atoms with E-state index in [1.165, 1.54) is 0 Å². The van der Waals surface area contributed by atoms with E-state index in [9.17, 15) is 4.79 Å². The van der Waals surface area contributed by atoms with Crippen molar-refractivity contribution in [2.75, 3.05) is 44.7 Å². The van der Waals surface area contributed by atoms with E-state index in [2.05, 4.69) is 43.6 Å². The minimum atomic E-state index is 0.131. The number of amides is 1. The number of aryl methyl sites for hydroxylation is 1. The molecule has 1 aliphatic rings. The number of nitriles is 1. The van der Waals surface area contributed by atoms with Crippen molar-refractivity contribution < 1.29 is 9.21 Å². The Hall–Kier alpha value is -2.07. The second kappa shape index (κ2) is 7.44. The molecule has 1 aliphatic heterocycles. The smallest absolute Gasteiger partial charge is 0.236 e. The van der Waals surface area contributed by atoms with E-state index in [1.54, 1.807) is 6.92 Å². The molecule has 7 heteroatoms. The lowest BCUT2D eigenvalue weighted by atomic mass is 9.87. The van der Waals surface area contributed by atoms with Crippen molar-refractivity contribution in [2.24, 2.45) is 5.41 Å². The SMILES string of the molecule is Cc1nc(C#N)c(N2CCN(C(=O)CN(C)C(C)C(C)(C)C)CC2)o1. The number of rotatable bonds is 4. The summed E-state index contributed by atoms with van der Waals surface area (Å²) in [5.41, 5.74) is 0.446. The molecule has 7 nitrogen and oxygen atoms in total. The minimum Gasteiger partial charge on any atom is -0.424 e. The molecule has 1 saturated heterocycles. The molecule has 2 heterocycles. The Balaban J connectivity index is 1.91. The number of piperazine rings is 1. The van der Waals surface area contributed by atoms with Gasteiger partial charge < -0.3 is 14.2 Å². The van der Waals surface area contributed by atoms with Crippen LogP contribution in [-0.4, -0.2) is 66.5 Å². The molecule has 0 aromatic carbocycles. The van der Waals surface area contributed by atoms with Crippen LogP contribution >= 0.6 is 0 Å². The Morgan fingerprint density at radius 1 is 1.36 bits per heavy atom. The van der Waals surface area contributed by atoms with E-state index < -0.39 is 0 Å². The second-order valence-corrected chi connectivity index (χ2v) is 7.82. The highest BCUT2D eigenvalue weighted by Gasteiger charge is 2.29. The Morgan fingerprint density at radius 3 is 2.48 bits per heavy atom. The normalized spacial score (nSPS) is 16.9. The topological polar surface area (TPSA) is 76.6 Å². The van der Waals surface area contributed by atoms with Gasteiger partial charge in [-0.2, -0.15) is 5.26 Å². The molecule has 0 saturated carbocycles. The van der Waals surface area contributed by atoms with E-state index in [0.29, 0.717) is 56.2 Å². The molecule has 2 rings (SSSR count). The number of hydrogen-bond donors (Lipinski definition) is 0. The highest BCUT2D eigenvalue weighted by Crippen LogP contribution is 2.24. The largest absolute Gasteiger partial charge is 0.424 e. The monoisotopic (exact) mass is 347 g/mol. The van der Waals surface area contributed by atoms with Gasteiger partial charge in [0.1, 0.15) is 6.07 Å². The van der Waals surface area contributed by atoms with E-state index >= 15 is 0 Å². The molecule has 0 bridgehead atoms. The molecule has 1 fully saturated rings. The van der Waals surface area contributed by atoms with Crippen LogP contribution in [0.1, 0.15) is 39.3 Å². The maximum Gasteiger partial charge on any atom is 0.236 e. The average Bonchev–Trinajstić information content (AvgIpc) is 2.94. The fourth-order valence-electron chi connectivity index (χ4n) is 2.97. The number of likely N-dealkylation sites (N-methyl/N-ethyl adjacent to an activating group) is 1. The molecule has 0 radical (unpaired) electrons. The van der Waals surface area contributed by atoms with Gasteiger partial charge in [0.05, 0.1) is 6.54 Å². The molecule has 0 N–H and O–H groups in total. The predicted octanol–water partition coefficient (Wildman–Crippen LogP) is 1.87. The Labute approximate surface area is 150 Å². The zero-order chi connectivity index (χ0) is 18.8. The first kappa shape index (κ1) is 19.3. The van der Waals surface area contributed by atoms with Gasteiger partial charge in [-0.3, -0.25) is 9.69 Å². The fraction of sp³-hybridized carbons (Fsp3) is 0.722. The van der Waals surface area contributed by atoms with Crippen LogP contribution in [0.3, 0.4) is 0 Å². The van der Waals surface area contributed by atoms with Gasteiger partial charge in [0, 0.05) is 39.1 Å². The van der Waals surface area contributed by atoms with E-state index in [4.69, 9.17) is 9.68 Å². The zero-order valence-electron chi connectivity index (χ0n) is 16.2. The first-order chi connectivity index (χ1) is 11.6. The van der Waals surface area contributed by atoms with Crippen LogP contribution in [0.2, 0.25) is 0 Å². The number of carbonyl (C=O) groups excluding carboxylic acids is 1. The fourth-order valence-corrected chi connectivity index (χ4v) is 2.97. The summed E-state index contributed by atoms with van der Waals surface area (Å²) >= 11 is 0. The summed E-state index contributed by atoms with van der Waals surface area (Å²) in [6.45, 7) is 13.4. The van der Waals surface area contributed by atoms with Gasteiger partial charge in [-0.15, -0.1) is 0 Å². The maximum absolute atomic E-state index is 12.6. The molecular formula is C18H29N5O2. The maximum atomic E-state index is 12.6. The van der Waals surface area contributed by atoms with Crippen LogP contribution < -0.4 is 4.90 Å². The second-order valence-electron chi connectivity index (χ2n) is 7.82. The van der Waals surface area contributed by atoms with Gasteiger partial charge >= 0.3 is 0 Å². The molecule has 1 aromatic rings. The van der Waals surface area contributed by atoms with Gasteiger partial charge in [0.25, 0.3) is 0 Å². The molecule has 1 amide bonds. The number of aromatic nitrogens is 1. The third kappa shape index (κ3) is 4.51. The van der Waals surface area contributed by atoms with Gasteiger partial charge in [0.2, 0.25) is 17.5 Å². The summed E-state index contributed by atoms with van der Waals surface area (Å²) in [6, 6.07) is 2.38. The lowest BCUT2D eigenvalue weighted by molar-refractivity contribution is -0.133. The Bertz CT molecular complexity index is 647. The molecule has 138 valence electrons. The van der Waals surface area contributed by atoms with Crippen LogP contribution in [0.5, 0.6) is 0 Å². The lowest BCUT2D eigenvalue weighted by Crippen LogP contribution is -2.52. The van der Waals surface area contributed by atoms with Gasteiger partial charge in [-0.05, 0) is 19.4 Å². The van der Waals surface area contributed by atoms with Crippen molar-refractivity contribution in [1.82, 2.24) is 14.8 Å². The predicted molar refractivity (Wildman–Crippen MR) is 96.3 cm³/mol. The summed E-state index contributed by atoms with van der Waals surface area (Å²) in [4.78, 5) is 22.7. The number of hydrogen-bond acceptors (Lipinski definition) is 6. The van der Waals surface area contributed by atoms with Crippen molar-refractivity contribution in [3.05, 3.63) is 11.6 Å². The van der Waals surface area contributed by atoms with Crippen molar-refractivity contribution >= 4 is 11.8 Å². The highest BCUT2D eigenvalue weighted by atomic mass is 16.4. The molecular weight excluding hydrogens is 318 g/mol. The molecule has 0 spiro atoms. The van der Waals surface area contributed by atoms with Crippen LogP contribution in [0.25, 0.3) is 0 Å². The lowest BCUT2D eigenvalue weighted by Gasteiger charge is -2.38. The van der Waals surface area contributed by atoms with Gasteiger partial charge in [0.15, 0.2) is 5.89 Å². The van der Waals surface area contributed by atoms with Crippen molar-refractivity contribution in [2.45, 2.75) is 40.7 Å². The first-order valence-electron chi connectivity index (χ1n) is 8.74. The van der Waals surface area contributed by atoms with E-state index in [1.807, 2.05) is 16.8 Å². The molecule has 1 aromatic heterocycles. The third-order valence-corrected chi connectivity index (χ3v) is 5.04. The van der Waals surface area contributed by atoms with Crippen molar-refractivity contribution in [3.8, 4) is 6.07 Å². The average molecular weight is 347 g/mol. The number of nitrogens with zero attached hydrogens (tertiary/aromatic N) is 5. The van der Waals surface area contributed by atoms with E-state index in [-0.39, 0.29) is 11.3 Å². The van der Waals surface area contributed by atoms with Crippen molar-refractivity contribution in [3.63, 3.8) is 0 Å². The third-order valence-electron chi connectivity index (χ3n) is 5.04. The van der Waals surface area contributed by atoms with Crippen molar-refractivity contribution in [1.29, 1.82) is 5.26 Å². The summed E-state index contributed by atoms with van der Waals surface area (Å²) in [5.74, 6) is 1.15. The molecule has 1 unspecified atom stereocenters. The Kier molecular flexibility index (Phi) is 5.73. The quantitative estimate of drug-likeness (QED) is 0.827. The summed E-state index contributed by atoms with van der Waals surface area (Å²) < 4.78 is 5.55. The van der Waals surface area contributed by atoms with Gasteiger partial charge in [-0.25, -0.2) is 4.98 Å². The molecule has 25 heavy (non-hydrogen) atoms. The number of oxazole rings is 1. The molecule has 1 atom stereocenters. The number of carbonyl (C=O) groups is 1. The van der Waals surface area contributed by atoms with Crippen LogP contribution in [0, 0.1) is 23.7 Å². The number of anilines is 1. The minimum absolute atomic E-state index is 0.131. The first-order valence-corrected chi connectivity index (χ1v) is 8.74. The highest BCUT2D eigenvalue weighted by molar-refractivity contribution is 5.78. The van der Waals surface area contributed by atoms with Crippen LogP contribution in [0.15, 0.2) is 4.42 Å². The Morgan fingerprint density at radius 2 is 1.96 bits per heavy atom. The standard InChI is InChI=1S/C18H29N5O2/c1-13(18(3,4)5)21(6)12-16(24)22-7-9-23(10-8-22)17-15(11-19)20-14(2)25-17/h13H,7-10,12H2,1-6H3. The zero-order valence-corrected chi connectivity index (χ0v) is 16.2. The summed E-state index contributed by atoms with van der Waals surface area (Å²) in [6.07, 6.45) is 0. The van der Waals surface area contributed by atoms with Crippen LogP contribution in [-0.2, 0) is 4.79 Å². The summed E-state index contributed by atoms with van der Waals surface area (Å²) in [5, 5.41) is 9.15. The van der Waals surface area contributed by atoms with Gasteiger partial charge in [-0.1, -0.05) is 20.8 Å². The molecule has 0 aliphatic carbocycles. The van der Waals surface area contributed by atoms with E-state index in [0.717, 1.165) is 0 Å².